The third-order valence-electron chi connectivity index (χ3n) is 3.44. The van der Waals surface area contributed by atoms with Crippen LogP contribution in [0.2, 0.25) is 0 Å². The summed E-state index contributed by atoms with van der Waals surface area (Å²) in [5.41, 5.74) is 4.30. The molecule has 2 aromatic rings. The highest BCUT2D eigenvalue weighted by Gasteiger charge is 2.28. The van der Waals surface area contributed by atoms with Crippen LogP contribution < -0.4 is 0 Å². The van der Waals surface area contributed by atoms with Gasteiger partial charge in [0, 0.05) is 18.7 Å². The summed E-state index contributed by atoms with van der Waals surface area (Å²) in [6, 6.07) is 16.2. The summed E-state index contributed by atoms with van der Waals surface area (Å²) in [4.78, 5) is 14.3. The number of rotatable bonds is 2. The predicted molar refractivity (Wildman–Crippen MR) is 82.5 cm³/mol. The van der Waals surface area contributed by atoms with Crippen LogP contribution in [0, 0.1) is 6.92 Å². The zero-order valence-corrected chi connectivity index (χ0v) is 12.4. The van der Waals surface area contributed by atoms with E-state index in [-0.39, 0.29) is 5.91 Å². The van der Waals surface area contributed by atoms with E-state index in [2.05, 4.69) is 12.1 Å². The minimum Gasteiger partial charge on any atom is -0.330 e. The Morgan fingerprint density at radius 3 is 2.35 bits per heavy atom. The largest absolute Gasteiger partial charge is 0.330 e. The minimum atomic E-state index is 0.159. The van der Waals surface area contributed by atoms with Gasteiger partial charge >= 0.3 is 0 Å². The molecule has 0 aliphatic carbocycles. The zero-order valence-electron chi connectivity index (χ0n) is 12.4. The van der Waals surface area contributed by atoms with E-state index in [9.17, 15) is 4.79 Å². The van der Waals surface area contributed by atoms with Gasteiger partial charge in [-0.05, 0) is 23.6 Å². The second-order valence-corrected chi connectivity index (χ2v) is 4.76. The zero-order chi connectivity index (χ0) is 14.5. The molecular weight excluding hydrogens is 246 g/mol. The molecule has 20 heavy (non-hydrogen) atoms. The third-order valence-corrected chi connectivity index (χ3v) is 3.44. The summed E-state index contributed by atoms with van der Waals surface area (Å²) in [6.07, 6.45) is 0. The molecule has 1 amide bonds. The van der Waals surface area contributed by atoms with Crippen molar-refractivity contribution in [1.29, 1.82) is 0 Å². The van der Waals surface area contributed by atoms with E-state index in [0.29, 0.717) is 6.54 Å². The van der Waals surface area contributed by atoms with Gasteiger partial charge in [0.1, 0.15) is 0 Å². The standard InChI is InChI=1S/C16H15NO.C2H6/c1-12-6-5-9-14-11-17(16(18)15(12)14)10-13-7-3-2-4-8-13;1-2/h2-9H,10-11H2,1H3;1-2H3. The van der Waals surface area contributed by atoms with Crippen LogP contribution in [0.1, 0.15) is 40.9 Å². The Morgan fingerprint density at radius 2 is 1.70 bits per heavy atom. The maximum absolute atomic E-state index is 12.3. The summed E-state index contributed by atoms with van der Waals surface area (Å²) in [5, 5.41) is 0. The number of aryl methyl sites for hydroxylation is 1. The molecule has 104 valence electrons. The maximum Gasteiger partial charge on any atom is 0.255 e. The minimum absolute atomic E-state index is 0.159. The fourth-order valence-electron chi connectivity index (χ4n) is 2.53. The smallest absolute Gasteiger partial charge is 0.255 e. The molecule has 1 aliphatic heterocycles. The van der Waals surface area contributed by atoms with Crippen LogP contribution in [0.5, 0.6) is 0 Å². The Bertz CT molecular complexity index is 590. The Balaban J connectivity index is 0.000000704. The number of amides is 1. The molecule has 0 radical (unpaired) electrons. The van der Waals surface area contributed by atoms with E-state index in [0.717, 1.165) is 23.2 Å². The first-order valence-corrected chi connectivity index (χ1v) is 7.17. The summed E-state index contributed by atoms with van der Waals surface area (Å²) < 4.78 is 0. The highest BCUT2D eigenvalue weighted by Crippen LogP contribution is 2.26. The number of hydrogen-bond acceptors (Lipinski definition) is 1. The fraction of sp³-hybridized carbons (Fsp3) is 0.278. The molecular formula is C18H21NO. The first-order chi connectivity index (χ1) is 9.75. The van der Waals surface area contributed by atoms with Gasteiger partial charge in [-0.1, -0.05) is 62.4 Å². The molecule has 0 spiro atoms. The van der Waals surface area contributed by atoms with Gasteiger partial charge in [0.15, 0.2) is 0 Å². The van der Waals surface area contributed by atoms with E-state index >= 15 is 0 Å². The van der Waals surface area contributed by atoms with Crippen LogP contribution >= 0.6 is 0 Å². The number of carbonyl (C=O) groups excluding carboxylic acids is 1. The lowest BCUT2D eigenvalue weighted by atomic mass is 10.0. The van der Waals surface area contributed by atoms with Gasteiger partial charge in [-0.3, -0.25) is 4.79 Å². The van der Waals surface area contributed by atoms with Gasteiger partial charge in [0.05, 0.1) is 0 Å². The van der Waals surface area contributed by atoms with Gasteiger partial charge in [-0.15, -0.1) is 0 Å². The van der Waals surface area contributed by atoms with Crippen LogP contribution in [-0.4, -0.2) is 10.8 Å². The molecule has 0 fully saturated rings. The Labute approximate surface area is 121 Å². The second kappa shape index (κ2) is 6.38. The molecule has 0 N–H and O–H groups in total. The fourth-order valence-corrected chi connectivity index (χ4v) is 2.53. The lowest BCUT2D eigenvalue weighted by Gasteiger charge is -2.15. The Morgan fingerprint density at radius 1 is 1.00 bits per heavy atom. The van der Waals surface area contributed by atoms with E-state index in [4.69, 9.17) is 0 Å². The first kappa shape index (κ1) is 14.3. The highest BCUT2D eigenvalue weighted by atomic mass is 16.2. The van der Waals surface area contributed by atoms with Gasteiger partial charge in [0.25, 0.3) is 5.91 Å². The summed E-state index contributed by atoms with van der Waals surface area (Å²) in [7, 11) is 0. The van der Waals surface area contributed by atoms with E-state index < -0.39 is 0 Å². The maximum atomic E-state index is 12.3. The normalized spacial score (nSPS) is 12.8. The SMILES string of the molecule is CC.Cc1cccc2c1C(=O)N(Cc1ccccc1)C2. The van der Waals surface area contributed by atoms with Crippen LogP contribution in [0.15, 0.2) is 48.5 Å². The number of carbonyl (C=O) groups is 1. The van der Waals surface area contributed by atoms with Gasteiger partial charge in [-0.2, -0.15) is 0 Å². The van der Waals surface area contributed by atoms with E-state index in [1.54, 1.807) is 0 Å². The molecule has 0 saturated carbocycles. The van der Waals surface area contributed by atoms with Crippen molar-refractivity contribution in [2.24, 2.45) is 0 Å². The van der Waals surface area contributed by atoms with Crippen LogP contribution in [0.25, 0.3) is 0 Å². The number of fused-ring (bicyclic) bond motifs is 1. The summed E-state index contributed by atoms with van der Waals surface area (Å²) in [5.74, 6) is 0.159. The molecule has 1 heterocycles. The van der Waals surface area contributed by atoms with Crippen molar-refractivity contribution in [3.05, 3.63) is 70.8 Å². The van der Waals surface area contributed by atoms with Crippen LogP contribution in [0.3, 0.4) is 0 Å². The lowest BCUT2D eigenvalue weighted by Crippen LogP contribution is -2.23. The molecule has 1 aliphatic rings. The van der Waals surface area contributed by atoms with E-state index in [1.165, 1.54) is 5.56 Å². The third kappa shape index (κ3) is 2.74. The molecule has 0 atom stereocenters. The predicted octanol–water partition coefficient (Wildman–Crippen LogP) is 4.18. The van der Waals surface area contributed by atoms with Crippen molar-refractivity contribution < 1.29 is 4.79 Å². The van der Waals surface area contributed by atoms with Crippen molar-refractivity contribution >= 4 is 5.91 Å². The number of nitrogens with zero attached hydrogens (tertiary/aromatic N) is 1. The van der Waals surface area contributed by atoms with Crippen molar-refractivity contribution in [2.75, 3.05) is 0 Å². The Hall–Kier alpha value is -2.09. The molecule has 2 aromatic carbocycles. The molecule has 0 saturated heterocycles. The summed E-state index contributed by atoms with van der Waals surface area (Å²) >= 11 is 0. The van der Waals surface area contributed by atoms with Crippen molar-refractivity contribution in [3.8, 4) is 0 Å². The molecule has 3 rings (SSSR count). The lowest BCUT2D eigenvalue weighted by molar-refractivity contribution is 0.0766. The topological polar surface area (TPSA) is 20.3 Å². The van der Waals surface area contributed by atoms with Crippen LogP contribution in [0.4, 0.5) is 0 Å². The van der Waals surface area contributed by atoms with Gasteiger partial charge in [0.2, 0.25) is 0 Å². The van der Waals surface area contributed by atoms with Gasteiger partial charge < -0.3 is 4.90 Å². The van der Waals surface area contributed by atoms with Crippen molar-refractivity contribution in [1.82, 2.24) is 4.90 Å². The second-order valence-electron chi connectivity index (χ2n) is 4.76. The Kier molecular flexibility index (Phi) is 4.57. The van der Waals surface area contributed by atoms with Crippen molar-refractivity contribution in [3.63, 3.8) is 0 Å². The molecule has 2 heteroatoms. The first-order valence-electron chi connectivity index (χ1n) is 7.17. The molecule has 0 bridgehead atoms. The number of benzene rings is 2. The quantitative estimate of drug-likeness (QED) is 0.799. The van der Waals surface area contributed by atoms with Crippen LogP contribution in [-0.2, 0) is 13.1 Å². The number of hydrogen-bond donors (Lipinski definition) is 0. The molecule has 2 nitrogen and oxygen atoms in total. The van der Waals surface area contributed by atoms with Gasteiger partial charge in [-0.25, -0.2) is 0 Å². The monoisotopic (exact) mass is 267 g/mol. The average molecular weight is 267 g/mol. The average Bonchev–Trinajstić information content (AvgIpc) is 2.80. The molecule has 0 aromatic heterocycles. The highest BCUT2D eigenvalue weighted by molar-refractivity contribution is 5.99. The van der Waals surface area contributed by atoms with Crippen molar-refractivity contribution in [2.45, 2.75) is 33.9 Å². The molecule has 0 unspecified atom stereocenters. The van der Waals surface area contributed by atoms with E-state index in [1.807, 2.05) is 62.1 Å². The summed E-state index contributed by atoms with van der Waals surface area (Å²) in [6.45, 7) is 7.42.